The maximum absolute atomic E-state index is 8.88. The molecule has 120 valence electrons. The zero-order valence-electron chi connectivity index (χ0n) is 14.2. The Morgan fingerprint density at radius 3 is 2.25 bits per heavy atom. The SMILES string of the molecule is CC(C)(C)c1ccc(-c2cnnn2Cc2ccc(C#N)cc2)cc1. The van der Waals surface area contributed by atoms with Crippen LogP contribution in [0.25, 0.3) is 11.3 Å². The molecule has 0 atom stereocenters. The second-order valence-electron chi connectivity index (χ2n) is 6.91. The molecule has 0 saturated carbocycles. The summed E-state index contributed by atoms with van der Waals surface area (Å²) in [6, 6.07) is 18.2. The van der Waals surface area contributed by atoms with Gasteiger partial charge in [-0.2, -0.15) is 5.26 Å². The zero-order chi connectivity index (χ0) is 17.2. The predicted octanol–water partition coefficient (Wildman–Crippen LogP) is 4.16. The van der Waals surface area contributed by atoms with Crippen molar-refractivity contribution in [2.75, 3.05) is 0 Å². The van der Waals surface area contributed by atoms with Crippen LogP contribution in [0, 0.1) is 11.3 Å². The number of hydrogen-bond donors (Lipinski definition) is 0. The highest BCUT2D eigenvalue weighted by Crippen LogP contribution is 2.26. The molecule has 0 fully saturated rings. The van der Waals surface area contributed by atoms with Crippen molar-refractivity contribution in [2.24, 2.45) is 0 Å². The molecule has 0 bridgehead atoms. The summed E-state index contributed by atoms with van der Waals surface area (Å²) >= 11 is 0. The van der Waals surface area contributed by atoms with E-state index in [0.29, 0.717) is 12.1 Å². The van der Waals surface area contributed by atoms with Crippen LogP contribution in [-0.4, -0.2) is 15.0 Å². The summed E-state index contributed by atoms with van der Waals surface area (Å²) < 4.78 is 1.88. The number of hydrogen-bond acceptors (Lipinski definition) is 3. The predicted molar refractivity (Wildman–Crippen MR) is 94.4 cm³/mol. The highest BCUT2D eigenvalue weighted by molar-refractivity contribution is 5.59. The molecule has 4 heteroatoms. The first-order chi connectivity index (χ1) is 11.5. The summed E-state index contributed by atoms with van der Waals surface area (Å²) in [5, 5.41) is 17.1. The van der Waals surface area contributed by atoms with Crippen molar-refractivity contribution in [3.05, 3.63) is 71.4 Å². The molecule has 3 rings (SSSR count). The fraction of sp³-hybridized carbons (Fsp3) is 0.250. The molecule has 0 aliphatic heterocycles. The Labute approximate surface area is 142 Å². The lowest BCUT2D eigenvalue weighted by molar-refractivity contribution is 0.590. The first-order valence-electron chi connectivity index (χ1n) is 7.96. The van der Waals surface area contributed by atoms with Gasteiger partial charge >= 0.3 is 0 Å². The van der Waals surface area contributed by atoms with Gasteiger partial charge in [0, 0.05) is 5.56 Å². The third-order valence-electron chi connectivity index (χ3n) is 4.08. The van der Waals surface area contributed by atoms with Crippen LogP contribution in [0.5, 0.6) is 0 Å². The van der Waals surface area contributed by atoms with E-state index in [-0.39, 0.29) is 5.41 Å². The minimum Gasteiger partial charge on any atom is -0.240 e. The Morgan fingerprint density at radius 2 is 1.67 bits per heavy atom. The van der Waals surface area contributed by atoms with Gasteiger partial charge in [-0.3, -0.25) is 0 Å². The van der Waals surface area contributed by atoms with E-state index in [1.807, 2.05) is 28.9 Å². The van der Waals surface area contributed by atoms with Gasteiger partial charge in [0.2, 0.25) is 0 Å². The largest absolute Gasteiger partial charge is 0.240 e. The summed E-state index contributed by atoms with van der Waals surface area (Å²) in [6.45, 7) is 7.25. The number of nitrogens with zero attached hydrogens (tertiary/aromatic N) is 4. The molecular weight excluding hydrogens is 296 g/mol. The molecule has 0 aliphatic carbocycles. The van der Waals surface area contributed by atoms with Crippen LogP contribution >= 0.6 is 0 Å². The van der Waals surface area contributed by atoms with Gasteiger partial charge < -0.3 is 0 Å². The van der Waals surface area contributed by atoms with Gasteiger partial charge in [0.15, 0.2) is 0 Å². The zero-order valence-corrected chi connectivity index (χ0v) is 14.2. The minimum absolute atomic E-state index is 0.138. The van der Waals surface area contributed by atoms with Crippen LogP contribution in [0.1, 0.15) is 37.5 Å². The number of benzene rings is 2. The van der Waals surface area contributed by atoms with Crippen molar-refractivity contribution < 1.29 is 0 Å². The monoisotopic (exact) mass is 316 g/mol. The lowest BCUT2D eigenvalue weighted by atomic mass is 9.86. The maximum Gasteiger partial charge on any atom is 0.0991 e. The molecule has 2 aromatic carbocycles. The van der Waals surface area contributed by atoms with E-state index >= 15 is 0 Å². The van der Waals surface area contributed by atoms with E-state index < -0.39 is 0 Å². The molecule has 0 amide bonds. The smallest absolute Gasteiger partial charge is 0.0991 e. The molecule has 24 heavy (non-hydrogen) atoms. The van der Waals surface area contributed by atoms with Crippen molar-refractivity contribution in [1.29, 1.82) is 5.26 Å². The van der Waals surface area contributed by atoms with E-state index in [9.17, 15) is 0 Å². The Balaban J connectivity index is 1.86. The number of nitriles is 1. The summed E-state index contributed by atoms with van der Waals surface area (Å²) in [6.07, 6.45) is 1.79. The number of rotatable bonds is 3. The normalized spacial score (nSPS) is 11.2. The van der Waals surface area contributed by atoms with Crippen LogP contribution in [-0.2, 0) is 12.0 Å². The van der Waals surface area contributed by atoms with Crippen molar-refractivity contribution in [3.8, 4) is 17.3 Å². The molecule has 0 radical (unpaired) electrons. The van der Waals surface area contributed by atoms with Gasteiger partial charge in [-0.15, -0.1) is 5.10 Å². The third-order valence-corrected chi connectivity index (χ3v) is 4.08. The third kappa shape index (κ3) is 3.36. The van der Waals surface area contributed by atoms with Crippen molar-refractivity contribution in [2.45, 2.75) is 32.7 Å². The van der Waals surface area contributed by atoms with Crippen LogP contribution in [0.2, 0.25) is 0 Å². The number of aromatic nitrogens is 3. The lowest BCUT2D eigenvalue weighted by Gasteiger charge is -2.19. The van der Waals surface area contributed by atoms with Crippen LogP contribution in [0.4, 0.5) is 0 Å². The second-order valence-corrected chi connectivity index (χ2v) is 6.91. The lowest BCUT2D eigenvalue weighted by Crippen LogP contribution is -2.10. The van der Waals surface area contributed by atoms with Gasteiger partial charge in [0.05, 0.1) is 30.1 Å². The molecule has 0 aliphatic rings. The van der Waals surface area contributed by atoms with Gasteiger partial charge in [-0.05, 0) is 28.7 Å². The quantitative estimate of drug-likeness (QED) is 0.729. The topological polar surface area (TPSA) is 54.5 Å². The van der Waals surface area contributed by atoms with Crippen LogP contribution in [0.3, 0.4) is 0 Å². The Hall–Kier alpha value is -2.93. The van der Waals surface area contributed by atoms with Gasteiger partial charge in [0.25, 0.3) is 0 Å². The molecule has 0 unspecified atom stereocenters. The van der Waals surface area contributed by atoms with Crippen molar-refractivity contribution >= 4 is 0 Å². The average molecular weight is 316 g/mol. The molecule has 4 nitrogen and oxygen atoms in total. The van der Waals surface area contributed by atoms with Gasteiger partial charge in [-0.1, -0.05) is 62.4 Å². The van der Waals surface area contributed by atoms with E-state index in [2.05, 4.69) is 61.4 Å². The van der Waals surface area contributed by atoms with Gasteiger partial charge in [0.1, 0.15) is 0 Å². The summed E-state index contributed by atoms with van der Waals surface area (Å²) in [4.78, 5) is 0. The average Bonchev–Trinajstić information content (AvgIpc) is 3.03. The molecule has 1 aromatic heterocycles. The van der Waals surface area contributed by atoms with Crippen LogP contribution in [0.15, 0.2) is 54.7 Å². The molecule has 0 N–H and O–H groups in total. The molecule has 0 saturated heterocycles. The Morgan fingerprint density at radius 1 is 1.00 bits per heavy atom. The fourth-order valence-corrected chi connectivity index (χ4v) is 2.60. The molecular formula is C20H20N4. The second kappa shape index (κ2) is 6.29. The van der Waals surface area contributed by atoms with Gasteiger partial charge in [-0.25, -0.2) is 4.68 Å². The summed E-state index contributed by atoms with van der Waals surface area (Å²) in [5.41, 5.74) is 5.28. The van der Waals surface area contributed by atoms with Crippen molar-refractivity contribution in [3.63, 3.8) is 0 Å². The molecule has 3 aromatic rings. The van der Waals surface area contributed by atoms with E-state index in [1.165, 1.54) is 5.56 Å². The Kier molecular flexibility index (Phi) is 4.18. The van der Waals surface area contributed by atoms with E-state index in [0.717, 1.165) is 16.8 Å². The Bertz CT molecular complexity index is 860. The van der Waals surface area contributed by atoms with E-state index in [1.54, 1.807) is 6.20 Å². The first kappa shape index (κ1) is 15.9. The summed E-state index contributed by atoms with van der Waals surface area (Å²) in [5.74, 6) is 0. The van der Waals surface area contributed by atoms with Crippen LogP contribution < -0.4 is 0 Å². The maximum atomic E-state index is 8.88. The molecule has 1 heterocycles. The highest BCUT2D eigenvalue weighted by Gasteiger charge is 2.14. The highest BCUT2D eigenvalue weighted by atomic mass is 15.4. The summed E-state index contributed by atoms with van der Waals surface area (Å²) in [7, 11) is 0. The standard InChI is InChI=1S/C20H20N4/c1-20(2,3)18-10-8-17(9-11-18)19-13-22-23-24(19)14-16-6-4-15(12-21)5-7-16/h4-11,13H,14H2,1-3H3. The van der Waals surface area contributed by atoms with E-state index in [4.69, 9.17) is 5.26 Å². The molecule has 0 spiro atoms. The minimum atomic E-state index is 0.138. The van der Waals surface area contributed by atoms with Crippen molar-refractivity contribution in [1.82, 2.24) is 15.0 Å². The fourth-order valence-electron chi connectivity index (χ4n) is 2.60. The first-order valence-corrected chi connectivity index (χ1v) is 7.96.